The van der Waals surface area contributed by atoms with Crippen LogP contribution in [0, 0.1) is 18.6 Å². The van der Waals surface area contributed by atoms with Gasteiger partial charge in [-0.25, -0.2) is 13.8 Å². The van der Waals surface area contributed by atoms with Crippen molar-refractivity contribution >= 4 is 6.41 Å². The minimum absolute atomic E-state index is 0.0135. The van der Waals surface area contributed by atoms with Crippen LogP contribution < -0.4 is 4.74 Å². The number of hydrogen-bond acceptors (Lipinski definition) is 4. The molecule has 0 spiro atoms. The van der Waals surface area contributed by atoms with E-state index >= 15 is 0 Å². The van der Waals surface area contributed by atoms with Crippen LogP contribution in [0.25, 0.3) is 11.4 Å². The standard InChI is InChI=1S/C14H14F2N4O2/c1-8-4-17-19(2)13(8)12-10(15)3-11(16)14(18-12)22-9-5-20(6-9)7-21/h3-4,7,9H,5-6H2,1-2H3. The Labute approximate surface area is 125 Å². The van der Waals surface area contributed by atoms with E-state index in [4.69, 9.17) is 4.74 Å². The number of pyridine rings is 1. The Morgan fingerprint density at radius 2 is 2.09 bits per heavy atom. The van der Waals surface area contributed by atoms with Gasteiger partial charge in [0.1, 0.15) is 11.8 Å². The van der Waals surface area contributed by atoms with Crippen molar-refractivity contribution in [3.63, 3.8) is 0 Å². The largest absolute Gasteiger partial charge is 0.468 e. The summed E-state index contributed by atoms with van der Waals surface area (Å²) in [4.78, 5) is 16.0. The van der Waals surface area contributed by atoms with Gasteiger partial charge in [0.15, 0.2) is 11.6 Å². The zero-order valence-electron chi connectivity index (χ0n) is 12.1. The van der Waals surface area contributed by atoms with Gasteiger partial charge in [-0.3, -0.25) is 9.48 Å². The van der Waals surface area contributed by atoms with Crippen LogP contribution in [0.5, 0.6) is 5.88 Å². The second kappa shape index (κ2) is 5.36. The van der Waals surface area contributed by atoms with Crippen molar-refractivity contribution in [3.8, 4) is 17.3 Å². The van der Waals surface area contributed by atoms with E-state index in [1.165, 1.54) is 9.58 Å². The van der Waals surface area contributed by atoms with Gasteiger partial charge in [-0.05, 0) is 12.5 Å². The van der Waals surface area contributed by atoms with Gasteiger partial charge in [-0.2, -0.15) is 5.10 Å². The molecule has 0 atom stereocenters. The van der Waals surface area contributed by atoms with Crippen LogP contribution >= 0.6 is 0 Å². The maximum Gasteiger partial charge on any atom is 0.251 e. The Morgan fingerprint density at radius 1 is 1.36 bits per heavy atom. The van der Waals surface area contributed by atoms with Crippen molar-refractivity contribution < 1.29 is 18.3 Å². The van der Waals surface area contributed by atoms with Crippen molar-refractivity contribution in [2.24, 2.45) is 7.05 Å². The van der Waals surface area contributed by atoms with Crippen molar-refractivity contribution in [3.05, 3.63) is 29.5 Å². The molecule has 3 rings (SSSR count). The number of aryl methyl sites for hydroxylation is 2. The molecule has 116 valence electrons. The summed E-state index contributed by atoms with van der Waals surface area (Å²) in [5.74, 6) is -1.92. The summed E-state index contributed by atoms with van der Waals surface area (Å²) in [5.41, 5.74) is 1.17. The molecule has 0 saturated carbocycles. The number of carbonyl (C=O) groups excluding carboxylic acids is 1. The molecule has 1 fully saturated rings. The molecule has 0 unspecified atom stereocenters. The maximum atomic E-state index is 14.0. The molecule has 0 aliphatic carbocycles. The van der Waals surface area contributed by atoms with Gasteiger partial charge in [0, 0.05) is 13.1 Å². The first-order valence-electron chi connectivity index (χ1n) is 6.70. The van der Waals surface area contributed by atoms with E-state index in [1.807, 2.05) is 0 Å². The summed E-state index contributed by atoms with van der Waals surface area (Å²) in [7, 11) is 1.65. The fraction of sp³-hybridized carbons (Fsp3) is 0.357. The number of halogens is 2. The van der Waals surface area contributed by atoms with E-state index in [2.05, 4.69) is 10.1 Å². The average Bonchev–Trinajstić information content (AvgIpc) is 2.75. The quantitative estimate of drug-likeness (QED) is 0.799. The summed E-state index contributed by atoms with van der Waals surface area (Å²) in [5, 5.41) is 4.02. The van der Waals surface area contributed by atoms with Crippen LogP contribution in [0.2, 0.25) is 0 Å². The minimum Gasteiger partial charge on any atom is -0.468 e. The van der Waals surface area contributed by atoms with Crippen LogP contribution in [0.3, 0.4) is 0 Å². The fourth-order valence-corrected chi connectivity index (χ4v) is 2.37. The summed E-state index contributed by atoms with van der Waals surface area (Å²) in [6, 6.07) is 0.750. The second-order valence-electron chi connectivity index (χ2n) is 5.20. The molecule has 0 aromatic carbocycles. The molecule has 2 aromatic heterocycles. The minimum atomic E-state index is -0.870. The number of rotatable bonds is 4. The second-order valence-corrected chi connectivity index (χ2v) is 5.20. The van der Waals surface area contributed by atoms with Gasteiger partial charge in [0.05, 0.1) is 25.0 Å². The number of likely N-dealkylation sites (tertiary alicyclic amines) is 1. The molecule has 1 aliphatic rings. The smallest absolute Gasteiger partial charge is 0.251 e. The molecule has 8 heteroatoms. The average molecular weight is 308 g/mol. The van der Waals surface area contributed by atoms with E-state index in [1.54, 1.807) is 20.2 Å². The third-order valence-electron chi connectivity index (χ3n) is 3.55. The van der Waals surface area contributed by atoms with Gasteiger partial charge in [-0.15, -0.1) is 0 Å². The first-order chi connectivity index (χ1) is 10.5. The Morgan fingerprint density at radius 3 is 2.68 bits per heavy atom. The van der Waals surface area contributed by atoms with Gasteiger partial charge in [-0.1, -0.05) is 0 Å². The Kier molecular flexibility index (Phi) is 3.51. The molecular weight excluding hydrogens is 294 g/mol. The van der Waals surface area contributed by atoms with Crippen LogP contribution in [0.1, 0.15) is 5.56 Å². The van der Waals surface area contributed by atoms with E-state index in [0.29, 0.717) is 25.2 Å². The Hall–Kier alpha value is -2.51. The number of amides is 1. The lowest BCUT2D eigenvalue weighted by molar-refractivity contribution is -0.126. The van der Waals surface area contributed by atoms with Crippen molar-refractivity contribution in [1.29, 1.82) is 0 Å². The van der Waals surface area contributed by atoms with Gasteiger partial charge < -0.3 is 9.64 Å². The highest BCUT2D eigenvalue weighted by Gasteiger charge is 2.29. The predicted octanol–water partition coefficient (Wildman–Crippen LogP) is 1.29. The Balaban J connectivity index is 1.92. The zero-order chi connectivity index (χ0) is 15.9. The first-order valence-corrected chi connectivity index (χ1v) is 6.70. The zero-order valence-corrected chi connectivity index (χ0v) is 12.1. The molecule has 0 N–H and O–H groups in total. The number of carbonyl (C=O) groups is 1. The molecule has 0 bridgehead atoms. The van der Waals surface area contributed by atoms with E-state index in [9.17, 15) is 13.6 Å². The lowest BCUT2D eigenvalue weighted by Gasteiger charge is -2.35. The predicted molar refractivity (Wildman–Crippen MR) is 73.1 cm³/mol. The van der Waals surface area contributed by atoms with Crippen LogP contribution in [0.15, 0.2) is 12.3 Å². The molecule has 0 radical (unpaired) electrons. The fourth-order valence-electron chi connectivity index (χ4n) is 2.37. The van der Waals surface area contributed by atoms with Crippen molar-refractivity contribution in [2.45, 2.75) is 13.0 Å². The summed E-state index contributed by atoms with van der Waals surface area (Å²) >= 11 is 0. The summed E-state index contributed by atoms with van der Waals surface area (Å²) < 4.78 is 34.8. The molecule has 3 heterocycles. The molecule has 6 nitrogen and oxygen atoms in total. The lowest BCUT2D eigenvalue weighted by Crippen LogP contribution is -2.53. The number of hydrogen-bond donors (Lipinski definition) is 0. The normalized spacial score (nSPS) is 14.8. The molecule has 1 saturated heterocycles. The highest BCUT2D eigenvalue weighted by atomic mass is 19.1. The first kappa shape index (κ1) is 14.4. The van der Waals surface area contributed by atoms with E-state index in [-0.39, 0.29) is 17.7 Å². The lowest BCUT2D eigenvalue weighted by atomic mass is 10.2. The van der Waals surface area contributed by atoms with Crippen LogP contribution in [-0.4, -0.2) is 45.3 Å². The van der Waals surface area contributed by atoms with E-state index < -0.39 is 11.6 Å². The highest BCUT2D eigenvalue weighted by molar-refractivity contribution is 5.60. The monoisotopic (exact) mass is 308 g/mol. The molecule has 1 amide bonds. The maximum absolute atomic E-state index is 14.0. The molecule has 2 aromatic rings. The third-order valence-corrected chi connectivity index (χ3v) is 3.55. The summed E-state index contributed by atoms with van der Waals surface area (Å²) in [6.07, 6.45) is 1.94. The van der Waals surface area contributed by atoms with E-state index in [0.717, 1.165) is 11.6 Å². The number of aromatic nitrogens is 3. The Bertz CT molecular complexity index is 706. The number of nitrogens with zero attached hydrogens (tertiary/aromatic N) is 4. The van der Waals surface area contributed by atoms with Gasteiger partial charge in [0.2, 0.25) is 6.41 Å². The van der Waals surface area contributed by atoms with Gasteiger partial charge >= 0.3 is 0 Å². The topological polar surface area (TPSA) is 60.2 Å². The van der Waals surface area contributed by atoms with Gasteiger partial charge in [0.25, 0.3) is 5.88 Å². The SMILES string of the molecule is Cc1cnn(C)c1-c1nc(OC2CN(C=O)C2)c(F)cc1F. The highest BCUT2D eigenvalue weighted by Crippen LogP contribution is 2.28. The molecule has 22 heavy (non-hydrogen) atoms. The molecule has 1 aliphatic heterocycles. The van der Waals surface area contributed by atoms with Crippen LogP contribution in [-0.2, 0) is 11.8 Å². The van der Waals surface area contributed by atoms with Crippen LogP contribution in [0.4, 0.5) is 8.78 Å². The van der Waals surface area contributed by atoms with Crippen molar-refractivity contribution in [2.75, 3.05) is 13.1 Å². The number of ether oxygens (including phenoxy) is 1. The molecular formula is C14H14F2N4O2. The summed E-state index contributed by atoms with van der Waals surface area (Å²) in [6.45, 7) is 2.49. The third kappa shape index (κ3) is 2.40. The van der Waals surface area contributed by atoms with Crippen molar-refractivity contribution in [1.82, 2.24) is 19.7 Å².